The number of sulfonamides is 1. The van der Waals surface area contributed by atoms with Gasteiger partial charge in [0.15, 0.2) is 0 Å². The molecule has 150 valence electrons. The first kappa shape index (κ1) is 20.6. The molecule has 0 bridgehead atoms. The number of amides is 1. The van der Waals surface area contributed by atoms with Gasteiger partial charge in [-0.05, 0) is 48.7 Å². The van der Waals surface area contributed by atoms with Gasteiger partial charge in [0.2, 0.25) is 0 Å². The highest BCUT2D eigenvalue weighted by Crippen LogP contribution is 2.24. The molecule has 1 atom stereocenters. The molecule has 3 aromatic carbocycles. The Hall–Kier alpha value is -3.12. The van der Waals surface area contributed by atoms with E-state index < -0.39 is 10.0 Å². The second-order valence-corrected chi connectivity index (χ2v) is 8.42. The average Bonchev–Trinajstić information content (AvgIpc) is 2.74. The molecule has 6 heteroatoms. The van der Waals surface area contributed by atoms with Crippen LogP contribution in [0.1, 0.15) is 40.9 Å². The highest BCUT2D eigenvalue weighted by Gasteiger charge is 2.19. The summed E-state index contributed by atoms with van der Waals surface area (Å²) < 4.78 is 27.9. The van der Waals surface area contributed by atoms with Crippen LogP contribution in [-0.4, -0.2) is 14.3 Å². The minimum Gasteiger partial charge on any atom is -0.345 e. The molecule has 0 saturated heterocycles. The highest BCUT2D eigenvalue weighted by atomic mass is 32.2. The second-order valence-electron chi connectivity index (χ2n) is 6.74. The van der Waals surface area contributed by atoms with Crippen LogP contribution in [0.2, 0.25) is 0 Å². The number of hydrogen-bond acceptors (Lipinski definition) is 3. The van der Waals surface area contributed by atoms with Crippen molar-refractivity contribution in [2.24, 2.45) is 0 Å². The van der Waals surface area contributed by atoms with Gasteiger partial charge in [-0.3, -0.25) is 9.52 Å². The van der Waals surface area contributed by atoms with E-state index in [2.05, 4.69) is 10.0 Å². The number of anilines is 1. The van der Waals surface area contributed by atoms with Gasteiger partial charge >= 0.3 is 0 Å². The average molecular weight is 409 g/mol. The van der Waals surface area contributed by atoms with E-state index in [0.29, 0.717) is 16.8 Å². The molecular formula is C23H24N2O3S. The van der Waals surface area contributed by atoms with Gasteiger partial charge in [0.05, 0.1) is 16.6 Å². The van der Waals surface area contributed by atoms with Crippen LogP contribution in [0.25, 0.3) is 0 Å². The molecule has 0 heterocycles. The minimum atomic E-state index is -3.73. The van der Waals surface area contributed by atoms with Gasteiger partial charge in [-0.15, -0.1) is 0 Å². The lowest BCUT2D eigenvalue weighted by atomic mass is 10.0. The van der Waals surface area contributed by atoms with Crippen molar-refractivity contribution < 1.29 is 13.2 Å². The van der Waals surface area contributed by atoms with Crippen LogP contribution in [0.4, 0.5) is 5.69 Å². The van der Waals surface area contributed by atoms with Crippen molar-refractivity contribution >= 4 is 21.6 Å². The summed E-state index contributed by atoms with van der Waals surface area (Å²) in [6, 6.07) is 22.8. The molecule has 5 nitrogen and oxygen atoms in total. The van der Waals surface area contributed by atoms with Gasteiger partial charge in [0.25, 0.3) is 15.9 Å². The van der Waals surface area contributed by atoms with Gasteiger partial charge in [0, 0.05) is 5.56 Å². The lowest BCUT2D eigenvalue weighted by molar-refractivity contribution is 0.0935. The molecule has 0 fully saturated rings. The third-order valence-electron chi connectivity index (χ3n) is 4.79. The molecule has 29 heavy (non-hydrogen) atoms. The molecule has 0 aliphatic heterocycles. The Labute approximate surface area is 171 Å². The maximum Gasteiger partial charge on any atom is 0.261 e. The zero-order chi connectivity index (χ0) is 20.9. The minimum absolute atomic E-state index is 0.118. The molecule has 0 aliphatic rings. The maximum atomic E-state index is 12.9. The van der Waals surface area contributed by atoms with Crippen LogP contribution in [0.3, 0.4) is 0 Å². The van der Waals surface area contributed by atoms with Crippen LogP contribution in [0, 0.1) is 6.92 Å². The molecular weight excluding hydrogens is 384 g/mol. The SMILES string of the molecule is CC[C@H](NC(=O)c1cccc(NS(=O)(=O)c2ccccc2)c1C)c1ccccc1. The van der Waals surface area contributed by atoms with E-state index >= 15 is 0 Å². The van der Waals surface area contributed by atoms with Crippen molar-refractivity contribution in [3.8, 4) is 0 Å². The molecule has 0 saturated carbocycles. The van der Waals surface area contributed by atoms with Crippen LogP contribution in [0.15, 0.2) is 83.8 Å². The standard InChI is InChI=1S/C23H24N2O3S/c1-3-21(18-11-6-4-7-12-18)24-23(26)20-15-10-16-22(17(20)2)25-29(27,28)19-13-8-5-9-14-19/h4-16,21,25H,3H2,1-2H3,(H,24,26)/t21-/m0/s1. The largest absolute Gasteiger partial charge is 0.345 e. The van der Waals surface area contributed by atoms with Crippen molar-refractivity contribution in [1.29, 1.82) is 0 Å². The van der Waals surface area contributed by atoms with Crippen molar-refractivity contribution in [2.75, 3.05) is 4.72 Å². The predicted molar refractivity (Wildman–Crippen MR) is 115 cm³/mol. The fraction of sp³-hybridized carbons (Fsp3) is 0.174. The van der Waals surface area contributed by atoms with E-state index in [1.54, 1.807) is 43.3 Å². The lowest BCUT2D eigenvalue weighted by Crippen LogP contribution is -2.29. The van der Waals surface area contributed by atoms with Crippen molar-refractivity contribution in [3.05, 3.63) is 95.6 Å². The second kappa shape index (κ2) is 8.92. The fourth-order valence-electron chi connectivity index (χ4n) is 3.14. The van der Waals surface area contributed by atoms with Crippen molar-refractivity contribution in [2.45, 2.75) is 31.2 Å². The van der Waals surface area contributed by atoms with Gasteiger partial charge in [-0.2, -0.15) is 0 Å². The summed E-state index contributed by atoms with van der Waals surface area (Å²) in [5, 5.41) is 3.05. The van der Waals surface area contributed by atoms with Gasteiger partial charge in [-0.25, -0.2) is 8.42 Å². The van der Waals surface area contributed by atoms with E-state index in [4.69, 9.17) is 0 Å². The smallest absolute Gasteiger partial charge is 0.261 e. The number of nitrogens with one attached hydrogen (secondary N) is 2. The summed E-state index contributed by atoms with van der Waals surface area (Å²) >= 11 is 0. The Morgan fingerprint density at radius 2 is 1.52 bits per heavy atom. The quantitative estimate of drug-likeness (QED) is 0.596. The highest BCUT2D eigenvalue weighted by molar-refractivity contribution is 7.92. The summed E-state index contributed by atoms with van der Waals surface area (Å²) in [5.74, 6) is -0.237. The lowest BCUT2D eigenvalue weighted by Gasteiger charge is -2.19. The van der Waals surface area contributed by atoms with Crippen molar-refractivity contribution in [1.82, 2.24) is 5.32 Å². The van der Waals surface area contributed by atoms with E-state index in [-0.39, 0.29) is 16.8 Å². The summed E-state index contributed by atoms with van der Waals surface area (Å²) in [6.45, 7) is 3.75. The summed E-state index contributed by atoms with van der Waals surface area (Å²) in [5.41, 5.74) is 2.43. The monoisotopic (exact) mass is 408 g/mol. The Morgan fingerprint density at radius 1 is 0.897 bits per heavy atom. The molecule has 2 N–H and O–H groups in total. The molecule has 1 amide bonds. The van der Waals surface area contributed by atoms with E-state index in [9.17, 15) is 13.2 Å². The third kappa shape index (κ3) is 4.84. The Bertz CT molecular complexity index is 1080. The first-order chi connectivity index (χ1) is 13.9. The molecule has 0 unspecified atom stereocenters. The van der Waals surface area contributed by atoms with Crippen LogP contribution in [0.5, 0.6) is 0 Å². The Kier molecular flexibility index (Phi) is 6.34. The van der Waals surface area contributed by atoms with Gasteiger partial charge < -0.3 is 5.32 Å². The Morgan fingerprint density at radius 3 is 2.14 bits per heavy atom. The van der Waals surface area contributed by atoms with Gasteiger partial charge in [-0.1, -0.05) is 61.5 Å². The summed E-state index contributed by atoms with van der Waals surface area (Å²) in [6.07, 6.45) is 0.745. The first-order valence-electron chi connectivity index (χ1n) is 9.45. The fourth-order valence-corrected chi connectivity index (χ4v) is 4.28. The number of benzene rings is 3. The molecule has 0 aromatic heterocycles. The van der Waals surface area contributed by atoms with Crippen LogP contribution in [-0.2, 0) is 10.0 Å². The molecule has 3 rings (SSSR count). The van der Waals surface area contributed by atoms with Gasteiger partial charge in [0.1, 0.15) is 0 Å². The first-order valence-corrected chi connectivity index (χ1v) is 10.9. The van der Waals surface area contributed by atoms with E-state index in [1.165, 1.54) is 12.1 Å². The predicted octanol–water partition coefficient (Wildman–Crippen LogP) is 4.68. The molecule has 0 spiro atoms. The molecule has 0 radical (unpaired) electrons. The Balaban J connectivity index is 1.84. The van der Waals surface area contributed by atoms with E-state index in [1.807, 2.05) is 37.3 Å². The summed E-state index contributed by atoms with van der Waals surface area (Å²) in [4.78, 5) is 13.1. The third-order valence-corrected chi connectivity index (χ3v) is 6.17. The van der Waals surface area contributed by atoms with Crippen LogP contribution < -0.4 is 10.0 Å². The normalized spacial score (nSPS) is 12.2. The maximum absolute atomic E-state index is 12.9. The zero-order valence-electron chi connectivity index (χ0n) is 16.4. The topological polar surface area (TPSA) is 75.3 Å². The summed E-state index contributed by atoms with van der Waals surface area (Å²) in [7, 11) is -3.73. The number of hydrogen-bond donors (Lipinski definition) is 2. The molecule has 0 aliphatic carbocycles. The number of rotatable bonds is 7. The molecule has 3 aromatic rings. The van der Waals surface area contributed by atoms with E-state index in [0.717, 1.165) is 12.0 Å². The number of carbonyl (C=O) groups is 1. The van der Waals surface area contributed by atoms with Crippen molar-refractivity contribution in [3.63, 3.8) is 0 Å². The number of carbonyl (C=O) groups excluding carboxylic acids is 1. The zero-order valence-corrected chi connectivity index (χ0v) is 17.2. The van der Waals surface area contributed by atoms with Crippen LogP contribution >= 0.6 is 0 Å².